The Morgan fingerprint density at radius 3 is 1.50 bits per heavy atom. The predicted molar refractivity (Wildman–Crippen MR) is 80.6 cm³/mol. The summed E-state index contributed by atoms with van der Waals surface area (Å²) in [5.74, 6) is -0.628. The molecule has 10 heteroatoms. The molecule has 106 valence electrons. The molecule has 0 spiro atoms. The van der Waals surface area contributed by atoms with Crippen LogP contribution in [0.25, 0.3) is 0 Å². The van der Waals surface area contributed by atoms with Crippen molar-refractivity contribution in [3.05, 3.63) is 0 Å². The Balaban J connectivity index is 3.26. The van der Waals surface area contributed by atoms with Gasteiger partial charge < -0.3 is 21.7 Å². The van der Waals surface area contributed by atoms with Crippen LogP contribution in [-0.2, 0) is 9.59 Å². The number of hydrogen-bond acceptors (Lipinski definition) is 8. The summed E-state index contributed by atoms with van der Waals surface area (Å²) in [4.78, 5) is 20.8. The summed E-state index contributed by atoms with van der Waals surface area (Å²) in [7, 11) is 6.12. The van der Waals surface area contributed by atoms with E-state index in [1.165, 1.54) is 41.2 Å². The van der Waals surface area contributed by atoms with Crippen molar-refractivity contribution < 1.29 is 19.8 Å². The zero-order valence-corrected chi connectivity index (χ0v) is 12.7. The van der Waals surface area contributed by atoms with Crippen LogP contribution >= 0.6 is 41.2 Å². The topological polar surface area (TPSA) is 127 Å². The second-order valence-electron chi connectivity index (χ2n) is 3.25. The minimum Gasteiger partial charge on any atom is -0.480 e. The van der Waals surface area contributed by atoms with Gasteiger partial charge in [0.05, 0.1) is 0 Å². The van der Waals surface area contributed by atoms with Crippen LogP contribution in [0.2, 0.25) is 0 Å². The lowest BCUT2D eigenvalue weighted by molar-refractivity contribution is -0.139. The number of aliphatic carboxylic acids is 2. The van der Waals surface area contributed by atoms with Crippen molar-refractivity contribution in [1.29, 1.82) is 0 Å². The van der Waals surface area contributed by atoms with E-state index < -0.39 is 24.0 Å². The molecule has 0 radical (unpaired) electrons. The first-order valence-corrected chi connectivity index (χ1v) is 10.1. The molecule has 18 heavy (non-hydrogen) atoms. The first-order chi connectivity index (χ1) is 8.45. The smallest absolute Gasteiger partial charge is 0.320 e. The van der Waals surface area contributed by atoms with Gasteiger partial charge in [-0.25, -0.2) is 0 Å². The van der Waals surface area contributed by atoms with Gasteiger partial charge >= 0.3 is 11.9 Å². The lowest BCUT2D eigenvalue weighted by Crippen LogP contribution is -2.30. The fourth-order valence-electron chi connectivity index (χ4n) is 0.704. The van der Waals surface area contributed by atoms with Crippen LogP contribution in [0.3, 0.4) is 0 Å². The van der Waals surface area contributed by atoms with Gasteiger partial charge in [0, 0.05) is 11.5 Å². The van der Waals surface area contributed by atoms with Crippen LogP contribution < -0.4 is 11.5 Å². The summed E-state index contributed by atoms with van der Waals surface area (Å²) in [6, 6.07) is -1.60. The molecule has 2 unspecified atom stereocenters. The van der Waals surface area contributed by atoms with E-state index in [9.17, 15) is 9.59 Å². The van der Waals surface area contributed by atoms with Crippen LogP contribution in [0.5, 0.6) is 0 Å². The Bertz CT molecular complexity index is 243. The van der Waals surface area contributed by atoms with Crippen molar-refractivity contribution in [1.82, 2.24) is 0 Å². The lowest BCUT2D eigenvalue weighted by atomic mass is 10.2. The number of carboxylic acid groups (broad SMARTS) is 2. The fourth-order valence-corrected chi connectivity index (χ4v) is 6.89. The van der Waals surface area contributed by atoms with E-state index >= 15 is 0 Å². The number of rotatable bonds is 11. The maximum Gasteiger partial charge on any atom is 0.320 e. The van der Waals surface area contributed by atoms with Crippen molar-refractivity contribution in [3.8, 4) is 0 Å². The maximum absolute atomic E-state index is 10.4. The highest BCUT2D eigenvalue weighted by Gasteiger charge is 2.11. The molecule has 0 saturated heterocycles. The summed E-state index contributed by atoms with van der Waals surface area (Å²) >= 11 is 0. The molecular weight excluding hydrogens is 316 g/mol. The van der Waals surface area contributed by atoms with E-state index in [0.29, 0.717) is 24.3 Å². The third-order valence-electron chi connectivity index (χ3n) is 1.78. The van der Waals surface area contributed by atoms with Gasteiger partial charge in [0.2, 0.25) is 0 Å². The van der Waals surface area contributed by atoms with Crippen LogP contribution in [0.4, 0.5) is 0 Å². The molecule has 2 atom stereocenters. The van der Waals surface area contributed by atoms with Crippen molar-refractivity contribution in [2.24, 2.45) is 11.5 Å². The van der Waals surface area contributed by atoms with Crippen molar-refractivity contribution in [3.63, 3.8) is 0 Å². The minimum atomic E-state index is -0.981. The molecule has 0 aliphatic heterocycles. The van der Waals surface area contributed by atoms with Gasteiger partial charge in [-0.3, -0.25) is 9.59 Å². The Labute approximate surface area is 121 Å². The van der Waals surface area contributed by atoms with Gasteiger partial charge in [-0.1, -0.05) is 21.6 Å². The molecule has 0 amide bonds. The third kappa shape index (κ3) is 10.2. The molecule has 6 nitrogen and oxygen atoms in total. The molecule has 0 aromatic carbocycles. The Kier molecular flexibility index (Phi) is 11.3. The van der Waals surface area contributed by atoms with Crippen LogP contribution in [0.1, 0.15) is 12.8 Å². The highest BCUT2D eigenvalue weighted by atomic mass is 33.7. The third-order valence-corrected chi connectivity index (χ3v) is 8.31. The monoisotopic (exact) mass is 332 g/mol. The normalized spacial score (nSPS) is 14.1. The van der Waals surface area contributed by atoms with Crippen LogP contribution in [-0.4, -0.2) is 45.7 Å². The summed E-state index contributed by atoms with van der Waals surface area (Å²) in [5.41, 5.74) is 10.7. The van der Waals surface area contributed by atoms with Gasteiger partial charge in [-0.15, -0.1) is 0 Å². The summed E-state index contributed by atoms with van der Waals surface area (Å²) in [5, 5.41) is 17.1. The van der Waals surface area contributed by atoms with E-state index in [-0.39, 0.29) is 0 Å². The highest BCUT2D eigenvalue weighted by molar-refractivity contribution is 9.26. The Morgan fingerprint density at radius 2 is 1.22 bits per heavy atom. The second kappa shape index (κ2) is 11.1. The van der Waals surface area contributed by atoms with Crippen LogP contribution in [0, 0.1) is 0 Å². The predicted octanol–water partition coefficient (Wildman–Crippen LogP) is 1.27. The molecule has 0 rings (SSSR count). The van der Waals surface area contributed by atoms with Crippen LogP contribution in [0.15, 0.2) is 0 Å². The quantitative estimate of drug-likeness (QED) is 0.324. The standard InChI is InChI=1S/C8H16N2O4S4/c9-5(7(11)12)1-3-15-17-18-16-4-2-6(10)8(13)14/h5-6H,1-4,9-10H2,(H,11,12)(H,13,14). The zero-order valence-electron chi connectivity index (χ0n) is 9.48. The first-order valence-electron chi connectivity index (χ1n) is 4.99. The average Bonchev–Trinajstić information content (AvgIpc) is 2.31. The van der Waals surface area contributed by atoms with E-state index in [2.05, 4.69) is 0 Å². The fraction of sp³-hybridized carbons (Fsp3) is 0.750. The minimum absolute atomic E-state index is 0.433. The molecule has 0 aliphatic carbocycles. The Morgan fingerprint density at radius 1 is 0.889 bits per heavy atom. The zero-order chi connectivity index (χ0) is 14.0. The molecular formula is C8H16N2O4S4. The molecule has 0 fully saturated rings. The van der Waals surface area contributed by atoms with Crippen molar-refractivity contribution >= 4 is 53.2 Å². The largest absolute Gasteiger partial charge is 0.480 e. The number of nitrogens with two attached hydrogens (primary N) is 2. The maximum atomic E-state index is 10.4. The Hall–Kier alpha value is 0.260. The van der Waals surface area contributed by atoms with Crippen molar-refractivity contribution in [2.45, 2.75) is 24.9 Å². The molecule has 0 heterocycles. The highest BCUT2D eigenvalue weighted by Crippen LogP contribution is 2.43. The van der Waals surface area contributed by atoms with Gasteiger partial charge in [-0.05, 0) is 32.5 Å². The summed E-state index contributed by atoms with van der Waals surface area (Å²) in [6.07, 6.45) is 0.865. The van der Waals surface area contributed by atoms with Gasteiger partial charge in [-0.2, -0.15) is 0 Å². The molecule has 0 aromatic heterocycles. The van der Waals surface area contributed by atoms with Crippen molar-refractivity contribution in [2.75, 3.05) is 11.5 Å². The molecule has 6 N–H and O–H groups in total. The van der Waals surface area contributed by atoms with Gasteiger partial charge in [0.1, 0.15) is 12.1 Å². The SMILES string of the molecule is NC(CCSSSSCCC(N)C(=O)O)C(=O)O. The van der Waals surface area contributed by atoms with E-state index in [4.69, 9.17) is 21.7 Å². The molecule has 0 bridgehead atoms. The summed E-state index contributed by atoms with van der Waals surface area (Å²) < 4.78 is 0. The average molecular weight is 332 g/mol. The summed E-state index contributed by atoms with van der Waals surface area (Å²) in [6.45, 7) is 0. The number of hydrogen-bond donors (Lipinski definition) is 4. The second-order valence-corrected chi connectivity index (χ2v) is 9.49. The molecule has 0 saturated carbocycles. The van der Waals surface area contributed by atoms with E-state index in [1.807, 2.05) is 0 Å². The number of carboxylic acids is 2. The van der Waals surface area contributed by atoms with E-state index in [1.54, 1.807) is 0 Å². The van der Waals surface area contributed by atoms with E-state index in [0.717, 1.165) is 0 Å². The number of carbonyl (C=O) groups is 2. The lowest BCUT2D eigenvalue weighted by Gasteiger charge is -2.05. The molecule has 0 aromatic rings. The van der Waals surface area contributed by atoms with Gasteiger partial charge in [0.25, 0.3) is 0 Å². The molecule has 0 aliphatic rings. The first kappa shape index (κ1) is 18.3. The van der Waals surface area contributed by atoms with Gasteiger partial charge in [0.15, 0.2) is 0 Å².